The summed E-state index contributed by atoms with van der Waals surface area (Å²) in [5.41, 5.74) is 0.967. The molecule has 5 nitrogen and oxygen atoms in total. The summed E-state index contributed by atoms with van der Waals surface area (Å²) < 4.78 is 0. The van der Waals surface area contributed by atoms with E-state index in [-0.39, 0.29) is 5.69 Å². The smallest absolute Gasteiger partial charge is 0.277 e. The molecular formula is C11H9ClN4O. The van der Waals surface area contributed by atoms with Crippen molar-refractivity contribution >= 4 is 23.3 Å². The molecule has 0 aliphatic heterocycles. The number of aryl methyl sites for hydroxylation is 1. The molecular weight excluding hydrogens is 240 g/mol. The first-order valence-corrected chi connectivity index (χ1v) is 5.25. The van der Waals surface area contributed by atoms with Crippen molar-refractivity contribution in [3.63, 3.8) is 0 Å². The molecule has 2 aromatic rings. The van der Waals surface area contributed by atoms with Gasteiger partial charge in [0.1, 0.15) is 5.69 Å². The van der Waals surface area contributed by atoms with Gasteiger partial charge in [0.15, 0.2) is 5.82 Å². The minimum Gasteiger partial charge on any atom is -0.304 e. The highest BCUT2D eigenvalue weighted by Gasteiger charge is 2.10. The molecule has 6 heteroatoms. The Morgan fingerprint density at radius 1 is 1.29 bits per heavy atom. The van der Waals surface area contributed by atoms with Gasteiger partial charge in [0.2, 0.25) is 0 Å². The zero-order valence-corrected chi connectivity index (χ0v) is 9.77. The third-order valence-corrected chi connectivity index (χ3v) is 2.31. The van der Waals surface area contributed by atoms with E-state index in [2.05, 4.69) is 20.3 Å². The normalized spacial score (nSPS) is 10.0. The predicted octanol–water partition coefficient (Wildman–Crippen LogP) is 2.09. The molecule has 2 rings (SSSR count). The summed E-state index contributed by atoms with van der Waals surface area (Å²) in [6.45, 7) is 1.80. The number of hydrogen-bond donors (Lipinski definition) is 1. The molecule has 0 spiro atoms. The second kappa shape index (κ2) is 4.88. The molecule has 0 aliphatic carbocycles. The Labute approximate surface area is 103 Å². The van der Waals surface area contributed by atoms with E-state index in [1.54, 1.807) is 25.3 Å². The Balaban J connectivity index is 2.17. The molecule has 0 saturated carbocycles. The Morgan fingerprint density at radius 2 is 2.12 bits per heavy atom. The number of carbonyl (C=O) groups excluding carboxylic acids is 1. The second-order valence-corrected chi connectivity index (χ2v) is 3.74. The molecule has 0 fully saturated rings. The minimum atomic E-state index is -0.391. The van der Waals surface area contributed by atoms with Crippen LogP contribution in [0.5, 0.6) is 0 Å². The zero-order valence-electron chi connectivity index (χ0n) is 9.01. The second-order valence-electron chi connectivity index (χ2n) is 3.33. The Kier molecular flexibility index (Phi) is 3.30. The fraction of sp³-hybridized carbons (Fsp3) is 0.0909. The van der Waals surface area contributed by atoms with Gasteiger partial charge in [0.05, 0.1) is 16.9 Å². The average Bonchev–Trinajstić information content (AvgIpc) is 2.33. The molecule has 0 saturated heterocycles. The lowest BCUT2D eigenvalue weighted by Crippen LogP contribution is -2.15. The van der Waals surface area contributed by atoms with Crippen LogP contribution in [0.25, 0.3) is 0 Å². The molecule has 1 N–H and O–H groups in total. The van der Waals surface area contributed by atoms with Crippen LogP contribution in [0, 0.1) is 6.92 Å². The van der Waals surface area contributed by atoms with Gasteiger partial charge in [-0.2, -0.15) is 0 Å². The molecule has 86 valence electrons. The highest BCUT2D eigenvalue weighted by atomic mass is 35.5. The number of hydrogen-bond acceptors (Lipinski definition) is 4. The first-order chi connectivity index (χ1) is 8.16. The number of rotatable bonds is 2. The maximum atomic E-state index is 11.8. The summed E-state index contributed by atoms with van der Waals surface area (Å²) in [7, 11) is 0. The van der Waals surface area contributed by atoms with E-state index in [0.29, 0.717) is 10.8 Å². The predicted molar refractivity (Wildman–Crippen MR) is 64.0 cm³/mol. The fourth-order valence-corrected chi connectivity index (χ4v) is 1.33. The van der Waals surface area contributed by atoms with Crippen molar-refractivity contribution in [2.24, 2.45) is 0 Å². The fourth-order valence-electron chi connectivity index (χ4n) is 1.16. The lowest BCUT2D eigenvalue weighted by Gasteiger charge is -2.04. The van der Waals surface area contributed by atoms with E-state index in [1.165, 1.54) is 12.4 Å². The van der Waals surface area contributed by atoms with Crippen molar-refractivity contribution in [1.82, 2.24) is 15.0 Å². The molecule has 2 heterocycles. The summed E-state index contributed by atoms with van der Waals surface area (Å²) in [5.74, 6) is -0.0837. The lowest BCUT2D eigenvalue weighted by molar-refractivity contribution is 0.102. The summed E-state index contributed by atoms with van der Waals surface area (Å²) in [4.78, 5) is 23.7. The van der Waals surface area contributed by atoms with Gasteiger partial charge in [0.25, 0.3) is 5.91 Å². The number of amides is 1. The van der Waals surface area contributed by atoms with Crippen molar-refractivity contribution in [3.05, 3.63) is 47.1 Å². The topological polar surface area (TPSA) is 67.8 Å². The van der Waals surface area contributed by atoms with Gasteiger partial charge in [-0.1, -0.05) is 11.6 Å². The van der Waals surface area contributed by atoms with Crippen molar-refractivity contribution in [2.45, 2.75) is 6.92 Å². The van der Waals surface area contributed by atoms with E-state index >= 15 is 0 Å². The van der Waals surface area contributed by atoms with Crippen LogP contribution in [0.15, 0.2) is 30.7 Å². The number of pyridine rings is 1. The quantitative estimate of drug-likeness (QED) is 0.884. The number of aromatic nitrogens is 3. The van der Waals surface area contributed by atoms with Crippen LogP contribution in [0.1, 0.15) is 16.2 Å². The number of nitrogens with zero attached hydrogens (tertiary/aromatic N) is 3. The summed E-state index contributed by atoms with van der Waals surface area (Å²) >= 11 is 5.87. The summed E-state index contributed by atoms with van der Waals surface area (Å²) in [6.07, 6.45) is 4.47. The van der Waals surface area contributed by atoms with Gasteiger partial charge in [-0.25, -0.2) is 9.97 Å². The minimum absolute atomic E-state index is 0.220. The highest BCUT2D eigenvalue weighted by molar-refractivity contribution is 6.33. The van der Waals surface area contributed by atoms with Gasteiger partial charge in [-0.3, -0.25) is 9.78 Å². The molecule has 0 aromatic carbocycles. The van der Waals surface area contributed by atoms with E-state index < -0.39 is 5.91 Å². The van der Waals surface area contributed by atoms with Crippen LogP contribution in [0.4, 0.5) is 5.82 Å². The van der Waals surface area contributed by atoms with Crippen molar-refractivity contribution in [1.29, 1.82) is 0 Å². The van der Waals surface area contributed by atoms with E-state index in [0.717, 1.165) is 5.69 Å². The molecule has 0 unspecified atom stereocenters. The molecule has 0 radical (unpaired) electrons. The number of nitrogens with one attached hydrogen (secondary N) is 1. The summed E-state index contributed by atoms with van der Waals surface area (Å²) in [5, 5.41) is 2.94. The largest absolute Gasteiger partial charge is 0.304 e. The van der Waals surface area contributed by atoms with Gasteiger partial charge in [-0.15, -0.1) is 0 Å². The maximum absolute atomic E-state index is 11.8. The van der Waals surface area contributed by atoms with Gasteiger partial charge in [0, 0.05) is 12.4 Å². The third-order valence-electron chi connectivity index (χ3n) is 2.00. The van der Waals surface area contributed by atoms with Gasteiger partial charge < -0.3 is 5.32 Å². The molecule has 0 aliphatic rings. The van der Waals surface area contributed by atoms with Crippen LogP contribution in [0.2, 0.25) is 5.02 Å². The molecule has 0 bridgehead atoms. The first-order valence-electron chi connectivity index (χ1n) is 4.87. The van der Waals surface area contributed by atoms with Crippen LogP contribution in [-0.4, -0.2) is 20.9 Å². The third kappa shape index (κ3) is 2.76. The van der Waals surface area contributed by atoms with Gasteiger partial charge in [-0.05, 0) is 19.1 Å². The van der Waals surface area contributed by atoms with Gasteiger partial charge >= 0.3 is 0 Å². The summed E-state index contributed by atoms with van der Waals surface area (Å²) in [6, 6.07) is 3.33. The molecule has 17 heavy (non-hydrogen) atoms. The highest BCUT2D eigenvalue weighted by Crippen LogP contribution is 2.17. The molecule has 2 aromatic heterocycles. The average molecular weight is 249 g/mol. The van der Waals surface area contributed by atoms with Crippen LogP contribution in [0.3, 0.4) is 0 Å². The maximum Gasteiger partial charge on any atom is 0.277 e. The Bertz CT molecular complexity index is 541. The number of anilines is 1. The molecule has 0 atom stereocenters. The molecule has 1 amide bonds. The van der Waals surface area contributed by atoms with E-state index in [1.807, 2.05) is 0 Å². The van der Waals surface area contributed by atoms with Crippen molar-refractivity contribution < 1.29 is 4.79 Å². The van der Waals surface area contributed by atoms with Crippen LogP contribution < -0.4 is 5.32 Å². The SMILES string of the molecule is Cc1cnc(C(=O)Nc2ncccc2Cl)cn1. The Morgan fingerprint density at radius 3 is 2.76 bits per heavy atom. The van der Waals surface area contributed by atoms with Crippen LogP contribution in [-0.2, 0) is 0 Å². The van der Waals surface area contributed by atoms with Crippen molar-refractivity contribution in [3.8, 4) is 0 Å². The zero-order chi connectivity index (χ0) is 12.3. The Hall–Kier alpha value is -2.01. The van der Waals surface area contributed by atoms with Crippen LogP contribution >= 0.6 is 11.6 Å². The standard InChI is InChI=1S/C11H9ClN4O/c1-7-5-15-9(6-14-7)11(17)16-10-8(12)3-2-4-13-10/h2-6H,1H3,(H,13,16,17). The van der Waals surface area contributed by atoms with E-state index in [4.69, 9.17) is 11.6 Å². The first kappa shape index (κ1) is 11.5. The monoisotopic (exact) mass is 248 g/mol. The van der Waals surface area contributed by atoms with Crippen molar-refractivity contribution in [2.75, 3.05) is 5.32 Å². The lowest BCUT2D eigenvalue weighted by atomic mass is 10.4. The van der Waals surface area contributed by atoms with E-state index in [9.17, 15) is 4.79 Å². The number of halogens is 1. The number of carbonyl (C=O) groups is 1.